The monoisotopic (exact) mass is 490 g/mol. The van der Waals surface area contributed by atoms with Gasteiger partial charge < -0.3 is 0 Å². The van der Waals surface area contributed by atoms with Crippen LogP contribution in [-0.4, -0.2) is 36.3 Å². The molecule has 2 saturated heterocycles. The lowest BCUT2D eigenvalue weighted by Gasteiger charge is -2.43. The third-order valence-corrected chi connectivity index (χ3v) is 11.9. The molecule has 0 amide bonds. The van der Waals surface area contributed by atoms with Crippen molar-refractivity contribution < 1.29 is 8.42 Å². The minimum atomic E-state index is -3.73. The third kappa shape index (κ3) is 2.89. The van der Waals surface area contributed by atoms with Gasteiger partial charge in [0.25, 0.3) is 10.0 Å². The standard InChI is InChI=1S/C28H30N2O2S2/c1-20-14-16-21(17-15-20)34(31,32)30-26(29-18-8-9-19-29)27(2,3)28(33-30)24-12-6-4-10-22(24)23-11-5-7-13-25(23)28/h4-7,10-17,26H,8-9,18-19H2,1-3H3. The first-order chi connectivity index (χ1) is 16.3. The van der Waals surface area contributed by atoms with Crippen molar-refractivity contribution in [1.29, 1.82) is 0 Å². The smallest absolute Gasteiger partial charge is 0.253 e. The van der Waals surface area contributed by atoms with Crippen LogP contribution in [0.3, 0.4) is 0 Å². The molecule has 176 valence electrons. The Bertz CT molecular complexity index is 1310. The van der Waals surface area contributed by atoms with Gasteiger partial charge in [-0.25, -0.2) is 8.42 Å². The summed E-state index contributed by atoms with van der Waals surface area (Å²) in [5.41, 5.74) is 5.55. The Labute approximate surface area is 207 Å². The van der Waals surface area contributed by atoms with Crippen molar-refractivity contribution in [3.05, 3.63) is 89.5 Å². The second-order valence-electron chi connectivity index (χ2n) is 10.3. The maximum absolute atomic E-state index is 14.2. The van der Waals surface area contributed by atoms with Gasteiger partial charge in [-0.3, -0.25) is 4.90 Å². The molecule has 0 aromatic heterocycles. The van der Waals surface area contributed by atoms with E-state index in [9.17, 15) is 8.42 Å². The van der Waals surface area contributed by atoms with Crippen molar-refractivity contribution in [2.75, 3.05) is 13.1 Å². The Morgan fingerprint density at radius 2 is 1.35 bits per heavy atom. The normalized spacial score (nSPS) is 23.3. The lowest BCUT2D eigenvalue weighted by molar-refractivity contribution is 0.0623. The van der Waals surface area contributed by atoms with Crippen molar-refractivity contribution >= 4 is 22.0 Å². The molecule has 4 nitrogen and oxygen atoms in total. The quantitative estimate of drug-likeness (QED) is 0.421. The highest BCUT2D eigenvalue weighted by atomic mass is 32.3. The Kier molecular flexibility index (Phi) is 5.05. The number of aryl methyl sites for hydroxylation is 1. The molecule has 2 fully saturated rings. The zero-order valence-corrected chi connectivity index (χ0v) is 21.5. The van der Waals surface area contributed by atoms with Crippen LogP contribution >= 0.6 is 11.9 Å². The van der Waals surface area contributed by atoms with Gasteiger partial charge in [0.05, 0.1) is 15.8 Å². The Balaban J connectivity index is 1.60. The molecule has 3 aromatic carbocycles. The summed E-state index contributed by atoms with van der Waals surface area (Å²) in [6.45, 7) is 8.37. The number of hydrogen-bond donors (Lipinski definition) is 0. The van der Waals surface area contributed by atoms with E-state index in [4.69, 9.17) is 0 Å². The van der Waals surface area contributed by atoms with E-state index in [0.717, 1.165) is 31.5 Å². The molecule has 34 heavy (non-hydrogen) atoms. The van der Waals surface area contributed by atoms with Crippen LogP contribution in [0.15, 0.2) is 77.7 Å². The third-order valence-electron chi connectivity index (χ3n) is 7.92. The van der Waals surface area contributed by atoms with Gasteiger partial charge in [-0.1, -0.05) is 80.1 Å². The topological polar surface area (TPSA) is 40.6 Å². The molecule has 1 spiro atoms. The van der Waals surface area contributed by atoms with Gasteiger partial charge in [0, 0.05) is 5.41 Å². The molecule has 2 aliphatic heterocycles. The number of rotatable bonds is 3. The molecular formula is C28H30N2O2S2. The number of nitrogens with zero attached hydrogens (tertiary/aromatic N) is 2. The molecule has 1 unspecified atom stereocenters. The zero-order valence-electron chi connectivity index (χ0n) is 19.9. The Morgan fingerprint density at radius 3 is 1.91 bits per heavy atom. The average molecular weight is 491 g/mol. The molecule has 1 aliphatic carbocycles. The fourth-order valence-electron chi connectivity index (χ4n) is 6.31. The predicted molar refractivity (Wildman–Crippen MR) is 139 cm³/mol. The van der Waals surface area contributed by atoms with Gasteiger partial charge in [-0.2, -0.15) is 0 Å². The fraction of sp³-hybridized carbons (Fsp3) is 0.357. The summed E-state index contributed by atoms with van der Waals surface area (Å²) in [5.74, 6) is 0. The van der Waals surface area contributed by atoms with Crippen LogP contribution in [0.4, 0.5) is 0 Å². The highest BCUT2D eigenvalue weighted by molar-refractivity contribution is 8.09. The highest BCUT2D eigenvalue weighted by Gasteiger charge is 2.67. The van der Waals surface area contributed by atoms with Gasteiger partial charge in [0.1, 0.15) is 0 Å². The van der Waals surface area contributed by atoms with Gasteiger partial charge in [-0.15, -0.1) is 3.71 Å². The molecule has 2 heterocycles. The van der Waals surface area contributed by atoms with Gasteiger partial charge in [-0.05, 0) is 79.2 Å². The van der Waals surface area contributed by atoms with Crippen LogP contribution in [0.5, 0.6) is 0 Å². The molecule has 0 bridgehead atoms. The number of hydrogen-bond acceptors (Lipinski definition) is 4. The van der Waals surface area contributed by atoms with Crippen LogP contribution in [-0.2, 0) is 14.8 Å². The van der Waals surface area contributed by atoms with Crippen molar-refractivity contribution in [3.8, 4) is 11.1 Å². The zero-order chi connectivity index (χ0) is 23.7. The molecule has 6 heteroatoms. The minimum Gasteiger partial charge on any atom is -0.286 e. The summed E-state index contributed by atoms with van der Waals surface area (Å²) in [6, 6.07) is 24.4. The van der Waals surface area contributed by atoms with Crippen molar-refractivity contribution in [2.45, 2.75) is 49.4 Å². The number of sulfonamides is 1. The van der Waals surface area contributed by atoms with Crippen LogP contribution < -0.4 is 0 Å². The van der Waals surface area contributed by atoms with E-state index in [-0.39, 0.29) is 11.6 Å². The Morgan fingerprint density at radius 1 is 0.824 bits per heavy atom. The summed E-state index contributed by atoms with van der Waals surface area (Å²) in [6.07, 6.45) is 1.97. The summed E-state index contributed by atoms with van der Waals surface area (Å²) in [7, 11) is -3.73. The van der Waals surface area contributed by atoms with Crippen LogP contribution in [0.1, 0.15) is 43.4 Å². The van der Waals surface area contributed by atoms with E-state index in [2.05, 4.69) is 67.3 Å². The lowest BCUT2D eigenvalue weighted by Crippen LogP contribution is -2.53. The first-order valence-corrected chi connectivity index (χ1v) is 14.2. The van der Waals surface area contributed by atoms with E-state index in [1.54, 1.807) is 15.8 Å². The van der Waals surface area contributed by atoms with Crippen LogP contribution in [0.25, 0.3) is 11.1 Å². The molecule has 0 N–H and O–H groups in total. The predicted octanol–water partition coefficient (Wildman–Crippen LogP) is 6.02. The number of fused-ring (bicyclic) bond motifs is 5. The summed E-state index contributed by atoms with van der Waals surface area (Å²) in [5, 5.41) is 0. The van der Waals surface area contributed by atoms with E-state index < -0.39 is 14.8 Å². The largest absolute Gasteiger partial charge is 0.286 e. The molecule has 3 aromatic rings. The van der Waals surface area contributed by atoms with E-state index in [1.807, 2.05) is 19.1 Å². The van der Waals surface area contributed by atoms with E-state index >= 15 is 0 Å². The van der Waals surface area contributed by atoms with Gasteiger partial charge in [0.15, 0.2) is 0 Å². The summed E-state index contributed by atoms with van der Waals surface area (Å²) < 4.78 is 29.7. The second kappa shape index (κ2) is 7.69. The van der Waals surface area contributed by atoms with Crippen molar-refractivity contribution in [2.24, 2.45) is 5.41 Å². The number of likely N-dealkylation sites (tertiary alicyclic amines) is 1. The average Bonchev–Trinajstić information content (AvgIpc) is 3.51. The first-order valence-electron chi connectivity index (χ1n) is 12.0. The Hall–Kier alpha value is -2.12. The lowest BCUT2D eigenvalue weighted by atomic mass is 9.70. The molecule has 0 radical (unpaired) electrons. The van der Waals surface area contributed by atoms with Crippen LogP contribution in [0.2, 0.25) is 0 Å². The maximum atomic E-state index is 14.2. The molecular weight excluding hydrogens is 460 g/mol. The minimum absolute atomic E-state index is 0.245. The van der Waals surface area contributed by atoms with E-state index in [1.165, 1.54) is 34.2 Å². The molecule has 6 rings (SSSR count). The first kappa shape index (κ1) is 22.4. The van der Waals surface area contributed by atoms with Crippen molar-refractivity contribution in [3.63, 3.8) is 0 Å². The summed E-state index contributed by atoms with van der Waals surface area (Å²) >= 11 is 1.52. The summed E-state index contributed by atoms with van der Waals surface area (Å²) in [4.78, 5) is 2.76. The highest BCUT2D eigenvalue weighted by Crippen LogP contribution is 2.70. The van der Waals surface area contributed by atoms with Gasteiger partial charge in [0.2, 0.25) is 0 Å². The SMILES string of the molecule is Cc1ccc(S(=O)(=O)N2SC3(c4ccccc4-c4ccccc43)C(C)(C)C2N2CCCC2)cc1. The number of benzene rings is 3. The molecule has 3 aliphatic rings. The second-order valence-corrected chi connectivity index (χ2v) is 13.5. The molecule has 0 saturated carbocycles. The maximum Gasteiger partial charge on any atom is 0.253 e. The molecule has 1 atom stereocenters. The fourth-order valence-corrected chi connectivity index (χ4v) is 10.3. The van der Waals surface area contributed by atoms with Gasteiger partial charge >= 0.3 is 0 Å². The van der Waals surface area contributed by atoms with E-state index in [0.29, 0.717) is 4.90 Å². The van der Waals surface area contributed by atoms with Crippen LogP contribution in [0, 0.1) is 12.3 Å². The van der Waals surface area contributed by atoms with Crippen molar-refractivity contribution in [1.82, 2.24) is 8.61 Å².